The van der Waals surface area contributed by atoms with Crippen molar-refractivity contribution in [2.75, 3.05) is 4.90 Å². The standard InChI is InChI=1S/C24H20FN5S/c25-18-8-10-19(11-9-18)30-23(22(28-24(30)31)20-6-1-2-13-27-20)21-7-4-14-29(21)16-17-5-3-12-26-15-17/h1-15,22-23H,16H2,(H,28,31)/t22-,23+/m0/s1. The average molecular weight is 430 g/mol. The molecule has 0 unspecified atom stereocenters. The number of aromatic nitrogens is 3. The second-order valence-corrected chi connectivity index (χ2v) is 7.78. The summed E-state index contributed by atoms with van der Waals surface area (Å²) in [5.41, 5.74) is 3.91. The third-order valence-electron chi connectivity index (χ3n) is 5.45. The monoisotopic (exact) mass is 429 g/mol. The number of pyridine rings is 2. The van der Waals surface area contributed by atoms with Crippen LogP contribution in [0.5, 0.6) is 0 Å². The summed E-state index contributed by atoms with van der Waals surface area (Å²) < 4.78 is 15.8. The van der Waals surface area contributed by atoms with Gasteiger partial charge in [0.25, 0.3) is 0 Å². The van der Waals surface area contributed by atoms with Gasteiger partial charge in [-0.15, -0.1) is 0 Å². The van der Waals surface area contributed by atoms with Crippen LogP contribution in [0.3, 0.4) is 0 Å². The number of halogens is 1. The lowest BCUT2D eigenvalue weighted by Crippen LogP contribution is -2.30. The van der Waals surface area contributed by atoms with Gasteiger partial charge in [-0.2, -0.15) is 0 Å². The molecule has 1 aliphatic rings. The van der Waals surface area contributed by atoms with Crippen molar-refractivity contribution in [1.82, 2.24) is 19.9 Å². The predicted octanol–water partition coefficient (Wildman–Crippen LogP) is 4.64. The molecule has 0 saturated carbocycles. The molecule has 3 aromatic heterocycles. The molecule has 0 spiro atoms. The Labute approximate surface area is 185 Å². The van der Waals surface area contributed by atoms with Crippen molar-refractivity contribution in [1.29, 1.82) is 0 Å². The molecule has 1 N–H and O–H groups in total. The van der Waals surface area contributed by atoms with Crippen molar-refractivity contribution in [3.05, 3.63) is 114 Å². The van der Waals surface area contributed by atoms with E-state index < -0.39 is 0 Å². The highest BCUT2D eigenvalue weighted by atomic mass is 32.1. The minimum Gasteiger partial charge on any atom is -0.351 e. The van der Waals surface area contributed by atoms with E-state index in [0.717, 1.165) is 22.6 Å². The van der Waals surface area contributed by atoms with Crippen LogP contribution < -0.4 is 10.2 Å². The summed E-state index contributed by atoms with van der Waals surface area (Å²) in [6.45, 7) is 0.686. The Morgan fingerprint density at radius 2 is 1.84 bits per heavy atom. The first-order chi connectivity index (χ1) is 15.2. The Bertz CT molecular complexity index is 1180. The van der Waals surface area contributed by atoms with Crippen LogP contribution in [0.1, 0.15) is 29.0 Å². The van der Waals surface area contributed by atoms with Gasteiger partial charge in [-0.05, 0) is 72.4 Å². The van der Waals surface area contributed by atoms with Crippen molar-refractivity contribution in [2.45, 2.75) is 18.6 Å². The van der Waals surface area contributed by atoms with Gasteiger partial charge in [-0.3, -0.25) is 9.97 Å². The van der Waals surface area contributed by atoms with E-state index in [1.165, 1.54) is 12.1 Å². The lowest BCUT2D eigenvalue weighted by molar-refractivity contribution is 0.533. The maximum absolute atomic E-state index is 13.6. The van der Waals surface area contributed by atoms with E-state index in [0.29, 0.717) is 11.7 Å². The SMILES string of the molecule is Fc1ccc(N2C(=S)N[C@@H](c3ccccn3)[C@H]2c2cccn2Cc2cccnc2)cc1. The first kappa shape index (κ1) is 19.4. The van der Waals surface area contributed by atoms with E-state index >= 15 is 0 Å². The second kappa shape index (κ2) is 8.28. The molecule has 0 bridgehead atoms. The Balaban J connectivity index is 1.60. The summed E-state index contributed by atoms with van der Waals surface area (Å²) in [6, 6.07) is 20.1. The smallest absolute Gasteiger partial charge is 0.174 e. The first-order valence-electron chi connectivity index (χ1n) is 10.0. The number of rotatable bonds is 5. The Morgan fingerprint density at radius 1 is 0.968 bits per heavy atom. The highest BCUT2D eigenvalue weighted by molar-refractivity contribution is 7.80. The maximum Gasteiger partial charge on any atom is 0.174 e. The minimum absolute atomic E-state index is 0.152. The van der Waals surface area contributed by atoms with Crippen LogP contribution in [0.15, 0.2) is 91.5 Å². The molecular weight excluding hydrogens is 409 g/mol. The zero-order chi connectivity index (χ0) is 21.2. The fraction of sp³-hybridized carbons (Fsp3) is 0.125. The zero-order valence-electron chi connectivity index (χ0n) is 16.6. The van der Waals surface area contributed by atoms with Gasteiger partial charge in [-0.25, -0.2) is 4.39 Å². The molecule has 5 rings (SSSR count). The van der Waals surface area contributed by atoms with Crippen LogP contribution in [-0.4, -0.2) is 19.6 Å². The Hall–Kier alpha value is -3.58. The van der Waals surface area contributed by atoms with Crippen molar-refractivity contribution in [3.8, 4) is 0 Å². The number of benzene rings is 1. The number of anilines is 1. The summed E-state index contributed by atoms with van der Waals surface area (Å²) in [5, 5.41) is 4.02. The molecule has 1 aliphatic heterocycles. The van der Waals surface area contributed by atoms with Crippen molar-refractivity contribution < 1.29 is 4.39 Å². The van der Waals surface area contributed by atoms with Gasteiger partial charge in [0.1, 0.15) is 11.9 Å². The number of thiocarbonyl (C=S) groups is 1. The molecule has 4 heterocycles. The lowest BCUT2D eigenvalue weighted by Gasteiger charge is -2.29. The molecule has 0 radical (unpaired) electrons. The van der Waals surface area contributed by atoms with Crippen molar-refractivity contribution in [3.63, 3.8) is 0 Å². The number of hydrogen-bond acceptors (Lipinski definition) is 3. The second-order valence-electron chi connectivity index (χ2n) is 7.40. The topological polar surface area (TPSA) is 46.0 Å². The quantitative estimate of drug-likeness (QED) is 0.468. The van der Waals surface area contributed by atoms with Crippen LogP contribution in [0.2, 0.25) is 0 Å². The Kier molecular flexibility index (Phi) is 5.18. The molecule has 1 fully saturated rings. The normalized spacial score (nSPS) is 18.2. The largest absolute Gasteiger partial charge is 0.351 e. The van der Waals surface area contributed by atoms with E-state index in [1.807, 2.05) is 41.4 Å². The van der Waals surface area contributed by atoms with Gasteiger partial charge in [0.2, 0.25) is 0 Å². The van der Waals surface area contributed by atoms with Crippen LogP contribution in [0, 0.1) is 5.82 Å². The highest BCUT2D eigenvalue weighted by Gasteiger charge is 2.42. The summed E-state index contributed by atoms with van der Waals surface area (Å²) in [7, 11) is 0. The molecule has 0 aliphatic carbocycles. The van der Waals surface area contributed by atoms with E-state index in [2.05, 4.69) is 38.2 Å². The number of nitrogens with one attached hydrogen (secondary N) is 1. The van der Waals surface area contributed by atoms with E-state index in [1.54, 1.807) is 24.5 Å². The minimum atomic E-state index is -0.278. The van der Waals surface area contributed by atoms with Gasteiger partial charge in [0.05, 0.1) is 11.7 Å². The first-order valence-corrected chi connectivity index (χ1v) is 10.4. The van der Waals surface area contributed by atoms with Gasteiger partial charge < -0.3 is 14.8 Å². The molecular formula is C24H20FN5S. The summed E-state index contributed by atoms with van der Waals surface area (Å²) in [6.07, 6.45) is 7.48. The maximum atomic E-state index is 13.6. The van der Waals surface area contributed by atoms with E-state index in [-0.39, 0.29) is 17.9 Å². The summed E-state index contributed by atoms with van der Waals surface area (Å²) in [4.78, 5) is 10.9. The highest BCUT2D eigenvalue weighted by Crippen LogP contribution is 2.41. The molecule has 5 nitrogen and oxygen atoms in total. The zero-order valence-corrected chi connectivity index (χ0v) is 17.4. The van der Waals surface area contributed by atoms with Gasteiger partial charge in [0, 0.05) is 42.7 Å². The summed E-state index contributed by atoms with van der Waals surface area (Å²) >= 11 is 5.73. The molecule has 31 heavy (non-hydrogen) atoms. The molecule has 1 aromatic carbocycles. The fourth-order valence-electron chi connectivity index (χ4n) is 4.06. The van der Waals surface area contributed by atoms with Crippen LogP contribution in [-0.2, 0) is 6.54 Å². The van der Waals surface area contributed by atoms with E-state index in [9.17, 15) is 4.39 Å². The molecule has 154 valence electrons. The van der Waals surface area contributed by atoms with E-state index in [4.69, 9.17) is 12.2 Å². The fourth-order valence-corrected chi connectivity index (χ4v) is 4.41. The molecule has 7 heteroatoms. The molecule has 1 saturated heterocycles. The summed E-state index contributed by atoms with van der Waals surface area (Å²) in [5.74, 6) is -0.278. The van der Waals surface area contributed by atoms with Crippen LogP contribution >= 0.6 is 12.2 Å². The predicted molar refractivity (Wildman–Crippen MR) is 122 cm³/mol. The van der Waals surface area contributed by atoms with Crippen molar-refractivity contribution >= 4 is 23.0 Å². The number of nitrogens with zero attached hydrogens (tertiary/aromatic N) is 4. The van der Waals surface area contributed by atoms with Gasteiger partial charge in [0.15, 0.2) is 5.11 Å². The van der Waals surface area contributed by atoms with Crippen LogP contribution in [0.25, 0.3) is 0 Å². The molecule has 2 atom stereocenters. The molecule has 4 aromatic rings. The average Bonchev–Trinajstić information content (AvgIpc) is 3.39. The molecule has 0 amide bonds. The third-order valence-corrected chi connectivity index (χ3v) is 5.76. The lowest BCUT2D eigenvalue weighted by atomic mass is 10.0. The van der Waals surface area contributed by atoms with Crippen molar-refractivity contribution in [2.24, 2.45) is 0 Å². The Morgan fingerprint density at radius 3 is 2.58 bits per heavy atom. The number of hydrogen-bond donors (Lipinski definition) is 1. The van der Waals surface area contributed by atoms with Gasteiger partial charge in [-0.1, -0.05) is 12.1 Å². The van der Waals surface area contributed by atoms with Crippen LogP contribution in [0.4, 0.5) is 10.1 Å². The van der Waals surface area contributed by atoms with Gasteiger partial charge >= 0.3 is 0 Å². The third kappa shape index (κ3) is 3.80.